The first-order chi connectivity index (χ1) is 13.6. The number of hydrogen-bond acceptors (Lipinski definition) is 5. The summed E-state index contributed by atoms with van der Waals surface area (Å²) in [4.78, 5) is 15.1. The molecule has 3 aromatic heterocycles. The molecule has 0 saturated carbocycles. The normalized spacial score (nSPS) is 13.8. The van der Waals surface area contributed by atoms with E-state index in [-0.39, 0.29) is 11.9 Å². The molecule has 140 valence electrons. The number of pyridine rings is 2. The zero-order chi connectivity index (χ0) is 19.3. The molecule has 1 aromatic carbocycles. The van der Waals surface area contributed by atoms with E-state index in [1.54, 1.807) is 34.3 Å². The van der Waals surface area contributed by atoms with Crippen LogP contribution >= 0.6 is 0 Å². The first kappa shape index (κ1) is 16.7. The molecule has 1 atom stereocenters. The molecule has 1 aliphatic rings. The molecule has 0 fully saturated rings. The van der Waals surface area contributed by atoms with Gasteiger partial charge in [0.1, 0.15) is 11.5 Å². The van der Waals surface area contributed by atoms with E-state index < -0.39 is 0 Å². The molecular formula is C21H18FN5O. The van der Waals surface area contributed by atoms with Crippen LogP contribution in [0.4, 0.5) is 10.2 Å². The van der Waals surface area contributed by atoms with Crippen molar-refractivity contribution in [3.8, 4) is 22.4 Å². The third-order valence-electron chi connectivity index (χ3n) is 4.74. The second kappa shape index (κ2) is 6.31. The number of aromatic nitrogens is 3. The van der Waals surface area contributed by atoms with E-state index >= 15 is 0 Å². The Morgan fingerprint density at radius 3 is 2.50 bits per heavy atom. The smallest absolute Gasteiger partial charge is 0.182 e. The lowest BCUT2D eigenvalue weighted by atomic mass is 10.00. The molecule has 0 saturated heterocycles. The summed E-state index contributed by atoms with van der Waals surface area (Å²) in [6.07, 6.45) is 3.50. The molecule has 0 spiro atoms. The molecule has 2 N–H and O–H groups in total. The number of anilines is 1. The van der Waals surface area contributed by atoms with Crippen molar-refractivity contribution >= 4 is 16.9 Å². The maximum atomic E-state index is 13.5. The van der Waals surface area contributed by atoms with Gasteiger partial charge in [-0.05, 0) is 61.0 Å². The minimum absolute atomic E-state index is 0.0939. The van der Waals surface area contributed by atoms with Gasteiger partial charge in [0, 0.05) is 34.9 Å². The second-order valence-corrected chi connectivity index (χ2v) is 6.92. The Morgan fingerprint density at radius 1 is 1.04 bits per heavy atom. The van der Waals surface area contributed by atoms with Crippen LogP contribution in [-0.2, 0) is 0 Å². The van der Waals surface area contributed by atoms with Crippen LogP contribution in [0.3, 0.4) is 0 Å². The molecule has 4 heterocycles. The van der Waals surface area contributed by atoms with Gasteiger partial charge in [-0.3, -0.25) is 9.92 Å². The minimum Gasteiger partial charge on any atom is -0.326 e. The largest absolute Gasteiger partial charge is 0.326 e. The van der Waals surface area contributed by atoms with E-state index in [4.69, 9.17) is 15.7 Å². The number of nitrogens with two attached hydrogens (primary N) is 1. The highest BCUT2D eigenvalue weighted by atomic mass is 19.1. The molecule has 0 aliphatic carbocycles. The van der Waals surface area contributed by atoms with Gasteiger partial charge in [-0.25, -0.2) is 9.37 Å². The van der Waals surface area contributed by atoms with Crippen LogP contribution in [0, 0.1) is 5.82 Å². The highest BCUT2D eigenvalue weighted by molar-refractivity contribution is 6.03. The van der Waals surface area contributed by atoms with Gasteiger partial charge in [-0.2, -0.15) is 5.06 Å². The van der Waals surface area contributed by atoms with E-state index in [1.807, 2.05) is 31.2 Å². The lowest BCUT2D eigenvalue weighted by Gasteiger charge is -2.28. The Bertz CT molecular complexity index is 1160. The Morgan fingerprint density at radius 2 is 1.79 bits per heavy atom. The topological polar surface area (TPSA) is 69.2 Å². The van der Waals surface area contributed by atoms with Crippen molar-refractivity contribution < 1.29 is 9.33 Å². The van der Waals surface area contributed by atoms with Crippen LogP contribution in [0.1, 0.15) is 6.92 Å². The van der Waals surface area contributed by atoms with Crippen molar-refractivity contribution in [2.75, 3.05) is 11.6 Å². The summed E-state index contributed by atoms with van der Waals surface area (Å²) in [5, 5.41) is 2.63. The van der Waals surface area contributed by atoms with Crippen LogP contribution < -0.4 is 15.7 Å². The first-order valence-corrected chi connectivity index (χ1v) is 9.05. The summed E-state index contributed by atoms with van der Waals surface area (Å²) in [5.74, 6) is 0.422. The van der Waals surface area contributed by atoms with Gasteiger partial charge < -0.3 is 5.73 Å². The fraction of sp³-hybridized carbons (Fsp3) is 0.143. The van der Waals surface area contributed by atoms with E-state index in [2.05, 4.69) is 4.98 Å². The number of hydroxylamine groups is 1. The Labute approximate surface area is 160 Å². The lowest BCUT2D eigenvalue weighted by molar-refractivity contribution is 0.0873. The monoisotopic (exact) mass is 375 g/mol. The highest BCUT2D eigenvalue weighted by Gasteiger charge is 2.29. The molecule has 1 aliphatic heterocycles. The zero-order valence-corrected chi connectivity index (χ0v) is 15.2. The van der Waals surface area contributed by atoms with Gasteiger partial charge in [0.2, 0.25) is 0 Å². The molecule has 6 nitrogen and oxygen atoms in total. The Balaban J connectivity index is 1.80. The van der Waals surface area contributed by atoms with Gasteiger partial charge >= 0.3 is 0 Å². The van der Waals surface area contributed by atoms with Crippen LogP contribution in [0.2, 0.25) is 0 Å². The number of benzene rings is 1. The summed E-state index contributed by atoms with van der Waals surface area (Å²) < 4.78 is 15.2. The van der Waals surface area contributed by atoms with Crippen LogP contribution in [0.15, 0.2) is 60.9 Å². The van der Waals surface area contributed by atoms with E-state index in [1.165, 1.54) is 12.1 Å². The molecule has 2 bridgehead atoms. The van der Waals surface area contributed by atoms with E-state index in [0.717, 1.165) is 27.8 Å². The summed E-state index contributed by atoms with van der Waals surface area (Å²) in [6.45, 7) is 2.40. The fourth-order valence-electron chi connectivity index (χ4n) is 3.55. The third-order valence-corrected chi connectivity index (χ3v) is 4.74. The summed E-state index contributed by atoms with van der Waals surface area (Å²) >= 11 is 0. The van der Waals surface area contributed by atoms with Crippen molar-refractivity contribution in [3.63, 3.8) is 0 Å². The van der Waals surface area contributed by atoms with E-state index in [0.29, 0.717) is 18.0 Å². The molecule has 4 aromatic rings. The predicted octanol–water partition coefficient (Wildman–Crippen LogP) is 3.42. The van der Waals surface area contributed by atoms with Crippen molar-refractivity contribution in [2.24, 2.45) is 5.73 Å². The molecule has 0 amide bonds. The Kier molecular flexibility index (Phi) is 3.77. The first-order valence-electron chi connectivity index (χ1n) is 9.05. The summed E-state index contributed by atoms with van der Waals surface area (Å²) in [7, 11) is 0. The third kappa shape index (κ3) is 2.59. The van der Waals surface area contributed by atoms with Gasteiger partial charge in [-0.1, -0.05) is 0 Å². The van der Waals surface area contributed by atoms with Crippen LogP contribution in [0.25, 0.3) is 33.4 Å². The van der Waals surface area contributed by atoms with Gasteiger partial charge in [-0.15, -0.1) is 4.73 Å². The minimum atomic E-state index is -0.288. The highest BCUT2D eigenvalue weighted by Crippen LogP contribution is 2.41. The van der Waals surface area contributed by atoms with Crippen LogP contribution in [0.5, 0.6) is 0 Å². The molecule has 0 unspecified atom stereocenters. The SMILES string of the molecule is C[C@@H](N)CN1On2c(-c3ccc(F)cc3)c(-c3ccncc3)c3ccc1nc32. The number of halogens is 1. The zero-order valence-electron chi connectivity index (χ0n) is 15.2. The van der Waals surface area contributed by atoms with Crippen molar-refractivity contribution in [1.29, 1.82) is 0 Å². The number of fused-ring (bicyclic) bond motifs is 1. The van der Waals surface area contributed by atoms with Gasteiger partial charge in [0.05, 0.1) is 6.54 Å². The molecule has 0 radical (unpaired) electrons. The Hall–Kier alpha value is -3.45. The number of hydrogen-bond donors (Lipinski definition) is 1. The van der Waals surface area contributed by atoms with Crippen molar-refractivity contribution in [1.82, 2.24) is 14.7 Å². The van der Waals surface area contributed by atoms with Gasteiger partial charge in [0.15, 0.2) is 11.5 Å². The summed E-state index contributed by atoms with van der Waals surface area (Å²) in [6, 6.07) is 14.1. The second-order valence-electron chi connectivity index (χ2n) is 6.92. The van der Waals surface area contributed by atoms with Gasteiger partial charge in [0.25, 0.3) is 0 Å². The lowest BCUT2D eigenvalue weighted by Crippen LogP contribution is -2.44. The molecule has 28 heavy (non-hydrogen) atoms. The average molecular weight is 375 g/mol. The fourth-order valence-corrected chi connectivity index (χ4v) is 3.55. The summed E-state index contributed by atoms with van der Waals surface area (Å²) in [5.41, 5.74) is 10.3. The molecular weight excluding hydrogens is 357 g/mol. The maximum Gasteiger partial charge on any atom is 0.182 e. The van der Waals surface area contributed by atoms with Crippen LogP contribution in [-0.4, -0.2) is 27.3 Å². The average Bonchev–Trinajstić information content (AvgIpc) is 3.05. The molecule has 5 rings (SSSR count). The van der Waals surface area contributed by atoms with Crippen molar-refractivity contribution in [2.45, 2.75) is 13.0 Å². The number of rotatable bonds is 4. The standard InChI is InChI=1S/C21H18FN5O/c1-13(23)12-26-18-7-6-17-19(14-8-10-24-11-9-14)20(27(28-26)21(17)25-18)15-2-4-16(22)5-3-15/h2-11,13H,12,23H2,1H3/t13-/m1/s1. The van der Waals surface area contributed by atoms with E-state index in [9.17, 15) is 4.39 Å². The molecule has 7 heteroatoms. The quantitative estimate of drug-likeness (QED) is 0.592. The number of nitrogens with zero attached hydrogens (tertiary/aromatic N) is 4. The maximum absolute atomic E-state index is 13.5. The van der Waals surface area contributed by atoms with Crippen molar-refractivity contribution in [3.05, 3.63) is 66.7 Å². The predicted molar refractivity (Wildman–Crippen MR) is 106 cm³/mol.